The topological polar surface area (TPSA) is 55.0 Å². The summed E-state index contributed by atoms with van der Waals surface area (Å²) in [7, 11) is 0. The first-order valence-electron chi connectivity index (χ1n) is 7.47. The van der Waals surface area contributed by atoms with Crippen molar-refractivity contribution in [2.24, 2.45) is 5.92 Å². The third kappa shape index (κ3) is 4.37. The van der Waals surface area contributed by atoms with Crippen molar-refractivity contribution < 1.29 is 4.74 Å². The second kappa shape index (κ2) is 6.73. The average Bonchev–Trinajstić information content (AvgIpc) is 3.23. The van der Waals surface area contributed by atoms with Gasteiger partial charge < -0.3 is 9.72 Å². The number of aromatic nitrogens is 2. The lowest BCUT2D eigenvalue weighted by Crippen LogP contribution is -2.15. The smallest absolute Gasteiger partial charge is 0.254 e. The van der Waals surface area contributed by atoms with E-state index in [0.717, 1.165) is 25.1 Å². The maximum Gasteiger partial charge on any atom is 0.254 e. The summed E-state index contributed by atoms with van der Waals surface area (Å²) in [5.41, 5.74) is -0.103. The van der Waals surface area contributed by atoms with Crippen LogP contribution in [0.1, 0.15) is 64.1 Å². The molecule has 19 heavy (non-hydrogen) atoms. The molecule has 1 aliphatic rings. The Morgan fingerprint density at radius 2 is 2.26 bits per heavy atom. The average molecular weight is 264 g/mol. The monoisotopic (exact) mass is 264 g/mol. The number of hydrogen-bond acceptors (Lipinski definition) is 3. The summed E-state index contributed by atoms with van der Waals surface area (Å²) in [5.74, 6) is 2.29. The summed E-state index contributed by atoms with van der Waals surface area (Å²) in [6, 6.07) is 1.46. The minimum Gasteiger partial charge on any atom is -0.477 e. The molecule has 106 valence electrons. The van der Waals surface area contributed by atoms with E-state index in [2.05, 4.69) is 23.8 Å². The molecule has 1 atom stereocenters. The van der Waals surface area contributed by atoms with Crippen LogP contribution in [-0.4, -0.2) is 16.6 Å². The molecule has 0 aromatic carbocycles. The molecule has 1 heterocycles. The highest BCUT2D eigenvalue weighted by Gasteiger charge is 2.26. The van der Waals surface area contributed by atoms with E-state index in [0.29, 0.717) is 24.3 Å². The SMILES string of the molecule is CCCCC(CC)COc1cc(=O)[nH]c(C2CC2)n1. The lowest BCUT2D eigenvalue weighted by molar-refractivity contribution is 0.224. The maximum absolute atomic E-state index is 11.6. The van der Waals surface area contributed by atoms with Crippen LogP contribution in [0, 0.1) is 5.92 Å². The highest BCUT2D eigenvalue weighted by atomic mass is 16.5. The highest BCUT2D eigenvalue weighted by Crippen LogP contribution is 2.37. The van der Waals surface area contributed by atoms with Gasteiger partial charge in [0.05, 0.1) is 12.7 Å². The first-order valence-corrected chi connectivity index (χ1v) is 7.47. The molecule has 1 saturated carbocycles. The Morgan fingerprint density at radius 3 is 2.89 bits per heavy atom. The molecule has 4 heteroatoms. The molecule has 1 aromatic rings. The molecule has 0 amide bonds. The Bertz CT molecular complexity index is 452. The lowest BCUT2D eigenvalue weighted by atomic mass is 10.0. The summed E-state index contributed by atoms with van der Waals surface area (Å²) in [4.78, 5) is 18.8. The first-order chi connectivity index (χ1) is 9.22. The summed E-state index contributed by atoms with van der Waals surface area (Å²) in [5, 5.41) is 0. The van der Waals surface area contributed by atoms with Gasteiger partial charge in [0.15, 0.2) is 0 Å². The molecule has 0 bridgehead atoms. The van der Waals surface area contributed by atoms with Crippen molar-refractivity contribution >= 4 is 0 Å². The van der Waals surface area contributed by atoms with Gasteiger partial charge >= 0.3 is 0 Å². The highest BCUT2D eigenvalue weighted by molar-refractivity contribution is 5.14. The van der Waals surface area contributed by atoms with Gasteiger partial charge in [0, 0.05) is 5.92 Å². The van der Waals surface area contributed by atoms with E-state index in [4.69, 9.17) is 4.74 Å². The Morgan fingerprint density at radius 1 is 1.47 bits per heavy atom. The van der Waals surface area contributed by atoms with Crippen molar-refractivity contribution in [1.29, 1.82) is 0 Å². The van der Waals surface area contributed by atoms with Crippen LogP contribution in [0.3, 0.4) is 0 Å². The number of aromatic amines is 1. The van der Waals surface area contributed by atoms with Gasteiger partial charge in [-0.05, 0) is 25.2 Å². The van der Waals surface area contributed by atoms with Crippen molar-refractivity contribution in [3.05, 3.63) is 22.2 Å². The standard InChI is InChI=1S/C15H24N2O2/c1-3-5-6-11(4-2)10-19-14-9-13(18)16-15(17-14)12-7-8-12/h9,11-12H,3-8,10H2,1-2H3,(H,16,17,18). The van der Waals surface area contributed by atoms with Gasteiger partial charge in [-0.1, -0.05) is 33.1 Å². The zero-order valence-corrected chi connectivity index (χ0v) is 11.9. The molecular weight excluding hydrogens is 240 g/mol. The predicted octanol–water partition coefficient (Wildman–Crippen LogP) is 3.24. The molecule has 2 rings (SSSR count). The Balaban J connectivity index is 1.92. The van der Waals surface area contributed by atoms with Crippen LogP contribution in [0.4, 0.5) is 0 Å². The summed E-state index contributed by atoms with van der Waals surface area (Å²) >= 11 is 0. The van der Waals surface area contributed by atoms with E-state index in [1.165, 1.54) is 25.3 Å². The number of unbranched alkanes of at least 4 members (excludes halogenated alkanes) is 1. The molecule has 0 saturated heterocycles. The van der Waals surface area contributed by atoms with Gasteiger partial charge in [-0.15, -0.1) is 0 Å². The van der Waals surface area contributed by atoms with Gasteiger partial charge in [0.25, 0.3) is 5.56 Å². The number of ether oxygens (including phenoxy) is 1. The second-order valence-corrected chi connectivity index (χ2v) is 5.47. The zero-order chi connectivity index (χ0) is 13.7. The van der Waals surface area contributed by atoms with Gasteiger partial charge in [0.2, 0.25) is 5.88 Å². The van der Waals surface area contributed by atoms with Crippen LogP contribution in [0.5, 0.6) is 5.88 Å². The number of nitrogens with one attached hydrogen (secondary N) is 1. The number of nitrogens with zero attached hydrogens (tertiary/aromatic N) is 1. The maximum atomic E-state index is 11.6. The minimum absolute atomic E-state index is 0.103. The van der Waals surface area contributed by atoms with Gasteiger partial charge in [-0.3, -0.25) is 4.79 Å². The molecule has 1 aromatic heterocycles. The van der Waals surface area contributed by atoms with Crippen molar-refractivity contribution in [2.75, 3.05) is 6.61 Å². The van der Waals surface area contributed by atoms with Crippen molar-refractivity contribution in [3.63, 3.8) is 0 Å². The molecule has 0 radical (unpaired) electrons. The number of rotatable bonds is 8. The summed E-state index contributed by atoms with van der Waals surface area (Å²) in [6.07, 6.45) is 6.99. The summed E-state index contributed by atoms with van der Waals surface area (Å²) in [6.45, 7) is 5.05. The fraction of sp³-hybridized carbons (Fsp3) is 0.733. The van der Waals surface area contributed by atoms with Gasteiger partial charge in [-0.25, -0.2) is 0 Å². The lowest BCUT2D eigenvalue weighted by Gasteiger charge is -2.15. The van der Waals surface area contributed by atoms with Gasteiger partial charge in [-0.2, -0.15) is 4.98 Å². The molecule has 1 unspecified atom stereocenters. The Labute approximate surface area is 114 Å². The number of H-pyrrole nitrogens is 1. The van der Waals surface area contributed by atoms with Crippen LogP contribution in [0.2, 0.25) is 0 Å². The first kappa shape index (κ1) is 14.1. The fourth-order valence-electron chi connectivity index (χ4n) is 2.18. The molecule has 0 spiro atoms. The van der Waals surface area contributed by atoms with Crippen LogP contribution in [0.15, 0.2) is 10.9 Å². The summed E-state index contributed by atoms with van der Waals surface area (Å²) < 4.78 is 5.72. The zero-order valence-electron chi connectivity index (χ0n) is 11.9. The van der Waals surface area contributed by atoms with Crippen molar-refractivity contribution in [2.45, 2.75) is 58.3 Å². The molecule has 0 aliphatic heterocycles. The third-order valence-electron chi connectivity index (χ3n) is 3.71. The molecule has 1 aliphatic carbocycles. The van der Waals surface area contributed by atoms with Crippen molar-refractivity contribution in [1.82, 2.24) is 9.97 Å². The molecule has 1 N–H and O–H groups in total. The van der Waals surface area contributed by atoms with E-state index in [1.807, 2.05) is 0 Å². The quantitative estimate of drug-likeness (QED) is 0.784. The Hall–Kier alpha value is -1.32. The fourth-order valence-corrected chi connectivity index (χ4v) is 2.18. The van der Waals surface area contributed by atoms with Crippen molar-refractivity contribution in [3.8, 4) is 5.88 Å². The van der Waals surface area contributed by atoms with Crippen LogP contribution < -0.4 is 10.3 Å². The van der Waals surface area contributed by atoms with E-state index in [1.54, 1.807) is 0 Å². The van der Waals surface area contributed by atoms with Gasteiger partial charge in [0.1, 0.15) is 5.82 Å². The normalized spacial score (nSPS) is 16.3. The van der Waals surface area contributed by atoms with E-state index >= 15 is 0 Å². The molecular formula is C15H24N2O2. The van der Waals surface area contributed by atoms with E-state index < -0.39 is 0 Å². The van der Waals surface area contributed by atoms with E-state index in [9.17, 15) is 4.79 Å². The molecule has 1 fully saturated rings. The second-order valence-electron chi connectivity index (χ2n) is 5.47. The largest absolute Gasteiger partial charge is 0.477 e. The predicted molar refractivity (Wildman–Crippen MR) is 75.6 cm³/mol. The Kier molecular flexibility index (Phi) is 5.00. The van der Waals surface area contributed by atoms with Crippen LogP contribution in [-0.2, 0) is 0 Å². The van der Waals surface area contributed by atoms with E-state index in [-0.39, 0.29) is 5.56 Å². The number of hydrogen-bond donors (Lipinski definition) is 1. The third-order valence-corrected chi connectivity index (χ3v) is 3.71. The minimum atomic E-state index is -0.103. The van der Waals surface area contributed by atoms with Crippen LogP contribution >= 0.6 is 0 Å². The molecule has 4 nitrogen and oxygen atoms in total. The van der Waals surface area contributed by atoms with Crippen LogP contribution in [0.25, 0.3) is 0 Å².